The average Bonchev–Trinajstić information content (AvgIpc) is 3.47. The fourth-order valence-electron chi connectivity index (χ4n) is 5.41. The van der Waals surface area contributed by atoms with Crippen molar-refractivity contribution in [3.63, 3.8) is 0 Å². The Morgan fingerprint density at radius 2 is 1.73 bits per heavy atom. The first-order valence-electron chi connectivity index (χ1n) is 14.0. The van der Waals surface area contributed by atoms with Gasteiger partial charge in [0.1, 0.15) is 11.8 Å². The lowest BCUT2D eigenvalue weighted by atomic mass is 9.88. The van der Waals surface area contributed by atoms with Crippen molar-refractivity contribution in [1.82, 2.24) is 20.0 Å². The van der Waals surface area contributed by atoms with Crippen molar-refractivity contribution in [1.29, 1.82) is 0 Å². The summed E-state index contributed by atoms with van der Waals surface area (Å²) in [7, 11) is 4.13. The van der Waals surface area contributed by atoms with Gasteiger partial charge in [0.15, 0.2) is 0 Å². The number of halogens is 3. The summed E-state index contributed by atoms with van der Waals surface area (Å²) in [5.41, 5.74) is 2.00. The van der Waals surface area contributed by atoms with Crippen LogP contribution in [0.15, 0.2) is 42.5 Å². The van der Waals surface area contributed by atoms with Gasteiger partial charge in [-0.15, -0.1) is 12.4 Å². The number of amides is 3. The van der Waals surface area contributed by atoms with Crippen molar-refractivity contribution in [2.45, 2.75) is 50.5 Å². The minimum Gasteiger partial charge on any atom is -0.493 e. The summed E-state index contributed by atoms with van der Waals surface area (Å²) in [5, 5.41) is 4.05. The molecule has 2 aliphatic rings. The molecule has 0 bridgehead atoms. The van der Waals surface area contributed by atoms with Crippen molar-refractivity contribution in [3.05, 3.63) is 63.6 Å². The monoisotopic (exact) mass is 610 g/mol. The molecule has 1 atom stereocenters. The van der Waals surface area contributed by atoms with Gasteiger partial charge in [-0.1, -0.05) is 47.5 Å². The molecule has 40 heavy (non-hydrogen) atoms. The highest BCUT2D eigenvalue weighted by molar-refractivity contribution is 6.35. The number of nitrogens with one attached hydrogen (secondary N) is 1. The predicted octanol–water partition coefficient (Wildman–Crippen LogP) is 5.87. The Morgan fingerprint density at radius 3 is 2.40 bits per heavy atom. The molecule has 2 fully saturated rings. The molecular formula is C30H41Cl3N4O3. The van der Waals surface area contributed by atoms with Gasteiger partial charge in [0.25, 0.3) is 0 Å². The van der Waals surface area contributed by atoms with E-state index in [9.17, 15) is 9.59 Å². The maximum Gasteiger partial charge on any atom is 0.318 e. The average molecular weight is 612 g/mol. The van der Waals surface area contributed by atoms with E-state index >= 15 is 0 Å². The normalized spacial score (nSPS) is 16.5. The van der Waals surface area contributed by atoms with Gasteiger partial charge in [-0.05, 0) is 81.4 Å². The zero-order chi connectivity index (χ0) is 27.8. The van der Waals surface area contributed by atoms with Crippen LogP contribution in [-0.2, 0) is 11.2 Å². The number of hydrogen-bond acceptors (Lipinski definition) is 4. The SMILES string of the molecule is CN(C)CCCOc1ccccc1C1CCN(C(=O)[C@@H](Cc2ccc(Cl)cc2Cl)NC(=O)N2CCCC2)CC1.Cl. The smallest absolute Gasteiger partial charge is 0.318 e. The van der Waals surface area contributed by atoms with Gasteiger partial charge in [-0.2, -0.15) is 0 Å². The van der Waals surface area contributed by atoms with E-state index in [0.717, 1.165) is 63.1 Å². The highest BCUT2D eigenvalue weighted by Crippen LogP contribution is 2.34. The number of likely N-dealkylation sites (tertiary alicyclic amines) is 2. The lowest BCUT2D eigenvalue weighted by Gasteiger charge is -2.35. The van der Waals surface area contributed by atoms with E-state index in [4.69, 9.17) is 27.9 Å². The third-order valence-corrected chi connectivity index (χ3v) is 8.19. The fraction of sp³-hybridized carbons (Fsp3) is 0.533. The number of hydrogen-bond donors (Lipinski definition) is 1. The van der Waals surface area contributed by atoms with Gasteiger partial charge in [0.2, 0.25) is 5.91 Å². The molecule has 0 aromatic heterocycles. The molecule has 0 unspecified atom stereocenters. The molecular weight excluding hydrogens is 571 g/mol. The van der Waals surface area contributed by atoms with Gasteiger partial charge in [0, 0.05) is 49.2 Å². The van der Waals surface area contributed by atoms with Crippen LogP contribution in [0, 0.1) is 0 Å². The number of ether oxygens (including phenoxy) is 1. The van der Waals surface area contributed by atoms with Crippen molar-refractivity contribution >= 4 is 47.5 Å². The zero-order valence-electron chi connectivity index (χ0n) is 23.4. The number of urea groups is 1. The second-order valence-electron chi connectivity index (χ2n) is 10.8. The molecule has 2 heterocycles. The number of nitrogens with zero attached hydrogens (tertiary/aromatic N) is 3. The van der Waals surface area contributed by atoms with Crippen molar-refractivity contribution in [2.75, 3.05) is 53.4 Å². The zero-order valence-corrected chi connectivity index (χ0v) is 25.7. The van der Waals surface area contributed by atoms with Gasteiger partial charge >= 0.3 is 6.03 Å². The van der Waals surface area contributed by atoms with Crippen molar-refractivity contribution in [2.24, 2.45) is 0 Å². The molecule has 10 heteroatoms. The minimum absolute atomic E-state index is 0. The second kappa shape index (κ2) is 15.7. The van der Waals surface area contributed by atoms with Gasteiger partial charge in [-0.3, -0.25) is 4.79 Å². The van der Waals surface area contributed by atoms with E-state index in [0.29, 0.717) is 42.1 Å². The van der Waals surface area contributed by atoms with Crippen LogP contribution in [0.1, 0.15) is 49.1 Å². The van der Waals surface area contributed by atoms with E-state index in [1.165, 1.54) is 5.56 Å². The molecule has 2 aliphatic heterocycles. The van der Waals surface area contributed by atoms with Gasteiger partial charge in [-0.25, -0.2) is 4.79 Å². The number of rotatable bonds is 10. The van der Waals surface area contributed by atoms with E-state index in [-0.39, 0.29) is 24.3 Å². The summed E-state index contributed by atoms with van der Waals surface area (Å²) in [6.07, 6.45) is 4.96. The second-order valence-corrected chi connectivity index (χ2v) is 11.6. The Morgan fingerprint density at radius 1 is 1.02 bits per heavy atom. The lowest BCUT2D eigenvalue weighted by Crippen LogP contribution is -2.54. The molecule has 0 saturated carbocycles. The summed E-state index contributed by atoms with van der Waals surface area (Å²) >= 11 is 12.5. The summed E-state index contributed by atoms with van der Waals surface area (Å²) in [6, 6.07) is 12.6. The quantitative estimate of drug-likeness (QED) is 0.342. The number of piperidine rings is 1. The van der Waals surface area contributed by atoms with Crippen LogP contribution in [-0.4, -0.2) is 86.1 Å². The molecule has 220 valence electrons. The van der Waals surface area contributed by atoms with Crippen LogP contribution in [0.4, 0.5) is 4.79 Å². The minimum atomic E-state index is -0.694. The maximum atomic E-state index is 13.8. The molecule has 0 radical (unpaired) electrons. The largest absolute Gasteiger partial charge is 0.493 e. The molecule has 1 N–H and O–H groups in total. The van der Waals surface area contributed by atoms with Crippen molar-refractivity contribution in [3.8, 4) is 5.75 Å². The number of benzene rings is 2. The summed E-state index contributed by atoms with van der Waals surface area (Å²) in [5.74, 6) is 1.19. The van der Waals surface area contributed by atoms with Crippen LogP contribution in [0.3, 0.4) is 0 Å². The maximum absolute atomic E-state index is 13.8. The summed E-state index contributed by atoms with van der Waals surface area (Å²) < 4.78 is 6.15. The van der Waals surface area contributed by atoms with Crippen molar-refractivity contribution < 1.29 is 14.3 Å². The first-order valence-corrected chi connectivity index (χ1v) is 14.7. The number of para-hydroxylation sites is 1. The van der Waals surface area contributed by atoms with E-state index in [1.54, 1.807) is 17.0 Å². The fourth-order valence-corrected chi connectivity index (χ4v) is 5.90. The summed E-state index contributed by atoms with van der Waals surface area (Å²) in [4.78, 5) is 32.6. The lowest BCUT2D eigenvalue weighted by molar-refractivity contribution is -0.134. The third kappa shape index (κ3) is 8.90. The molecule has 2 aromatic rings. The van der Waals surface area contributed by atoms with E-state index < -0.39 is 6.04 Å². The van der Waals surface area contributed by atoms with E-state index in [2.05, 4.69) is 36.4 Å². The molecule has 0 spiro atoms. The van der Waals surface area contributed by atoms with Crippen LogP contribution < -0.4 is 10.1 Å². The molecule has 2 saturated heterocycles. The number of carbonyl (C=O) groups is 2. The molecule has 0 aliphatic carbocycles. The highest BCUT2D eigenvalue weighted by atomic mass is 35.5. The Labute approximate surface area is 254 Å². The van der Waals surface area contributed by atoms with Crippen LogP contribution in [0.5, 0.6) is 5.75 Å². The molecule has 3 amide bonds. The first kappa shape index (κ1) is 32.3. The standard InChI is InChI=1S/C30H40Cl2N4O3.ClH/c1-34(2)14-7-19-39-28-9-4-3-8-25(28)22-12-17-35(18-13-22)29(37)27(33-30(38)36-15-5-6-16-36)20-23-10-11-24(31)21-26(23)32;/h3-4,8-11,21-22,27H,5-7,12-20H2,1-2H3,(H,33,38);1H/t27-;/m1./s1. The third-order valence-electron chi connectivity index (χ3n) is 7.60. The van der Waals surface area contributed by atoms with Gasteiger partial charge < -0.3 is 24.8 Å². The summed E-state index contributed by atoms with van der Waals surface area (Å²) in [6.45, 7) is 4.36. The number of carbonyl (C=O) groups excluding carboxylic acids is 2. The first-order chi connectivity index (χ1) is 18.8. The molecule has 4 rings (SSSR count). The topological polar surface area (TPSA) is 65.1 Å². The molecule has 2 aromatic carbocycles. The van der Waals surface area contributed by atoms with Gasteiger partial charge in [0.05, 0.1) is 6.61 Å². The van der Waals surface area contributed by atoms with Crippen LogP contribution >= 0.6 is 35.6 Å². The predicted molar refractivity (Wildman–Crippen MR) is 164 cm³/mol. The highest BCUT2D eigenvalue weighted by Gasteiger charge is 2.32. The van der Waals surface area contributed by atoms with E-state index in [1.807, 2.05) is 23.1 Å². The van der Waals surface area contributed by atoms with Crippen LogP contribution in [0.2, 0.25) is 10.0 Å². The Bertz CT molecular complexity index is 1120. The Balaban J connectivity index is 0.00000441. The Hall–Kier alpha value is -2.19. The Kier molecular flexibility index (Phi) is 12.7. The van der Waals surface area contributed by atoms with Crippen LogP contribution in [0.25, 0.3) is 0 Å². The molecule has 7 nitrogen and oxygen atoms in total.